The van der Waals surface area contributed by atoms with Gasteiger partial charge in [-0.2, -0.15) is 0 Å². The summed E-state index contributed by atoms with van der Waals surface area (Å²) < 4.78 is 4.19. The van der Waals surface area contributed by atoms with Crippen LogP contribution < -0.4 is 10.6 Å². The van der Waals surface area contributed by atoms with Crippen molar-refractivity contribution in [2.75, 3.05) is 17.2 Å². The predicted octanol–water partition coefficient (Wildman–Crippen LogP) is 7.21. The fourth-order valence-corrected chi connectivity index (χ4v) is 5.83. The molecule has 0 bridgehead atoms. The van der Waals surface area contributed by atoms with Gasteiger partial charge in [-0.05, 0) is 59.4 Å². The number of nitrogens with zero attached hydrogens (tertiary/aromatic N) is 6. The SMILES string of the molecule is Cc1ccc(-c2cn3ccnc3c(Nc3ccc(CN4CCn5ccnc5C4)cc3)n2)cc1NC(=O)c1ccc(C(C)(C)C)cc1. The van der Waals surface area contributed by atoms with E-state index < -0.39 is 0 Å². The molecule has 0 aliphatic carbocycles. The fourth-order valence-electron chi connectivity index (χ4n) is 5.83. The fraction of sp³-hybridized carbons (Fsp3) is 0.243. The van der Waals surface area contributed by atoms with E-state index >= 15 is 0 Å². The molecule has 6 aromatic rings. The minimum absolute atomic E-state index is 0.0278. The zero-order valence-electron chi connectivity index (χ0n) is 26.7. The maximum atomic E-state index is 13.2. The summed E-state index contributed by atoms with van der Waals surface area (Å²) in [4.78, 5) is 29.6. The number of aromatic nitrogens is 5. The Hall–Kier alpha value is -5.28. The normalized spacial score (nSPS) is 13.5. The highest BCUT2D eigenvalue weighted by Gasteiger charge is 2.18. The first-order chi connectivity index (χ1) is 22.2. The van der Waals surface area contributed by atoms with Crippen molar-refractivity contribution in [1.29, 1.82) is 0 Å². The van der Waals surface area contributed by atoms with E-state index in [-0.39, 0.29) is 11.3 Å². The summed E-state index contributed by atoms with van der Waals surface area (Å²) in [7, 11) is 0. The number of fused-ring (bicyclic) bond motifs is 2. The molecule has 0 radical (unpaired) electrons. The highest BCUT2D eigenvalue weighted by molar-refractivity contribution is 6.05. The van der Waals surface area contributed by atoms with Gasteiger partial charge in [-0.1, -0.05) is 57.2 Å². The molecule has 9 nitrogen and oxygen atoms in total. The number of amides is 1. The lowest BCUT2D eigenvalue weighted by molar-refractivity contribution is 0.102. The molecular weight excluding hydrogens is 572 g/mol. The van der Waals surface area contributed by atoms with E-state index in [1.54, 1.807) is 6.20 Å². The van der Waals surface area contributed by atoms with E-state index in [1.165, 1.54) is 11.1 Å². The van der Waals surface area contributed by atoms with Crippen LogP contribution in [0.15, 0.2) is 97.7 Å². The average Bonchev–Trinajstić information content (AvgIpc) is 3.72. The second-order valence-corrected chi connectivity index (χ2v) is 13.0. The van der Waals surface area contributed by atoms with Crippen molar-refractivity contribution in [3.05, 3.63) is 126 Å². The molecule has 2 N–H and O–H groups in total. The number of nitrogens with one attached hydrogen (secondary N) is 2. The molecule has 9 heteroatoms. The van der Waals surface area contributed by atoms with E-state index in [0.29, 0.717) is 11.4 Å². The number of benzene rings is 3. The van der Waals surface area contributed by atoms with Crippen LogP contribution >= 0.6 is 0 Å². The van der Waals surface area contributed by atoms with Crippen molar-refractivity contribution < 1.29 is 4.79 Å². The molecule has 0 saturated heterocycles. The minimum atomic E-state index is -0.143. The number of hydrogen-bond donors (Lipinski definition) is 2. The van der Waals surface area contributed by atoms with Crippen LogP contribution in [0.5, 0.6) is 0 Å². The Labute approximate surface area is 269 Å². The Balaban J connectivity index is 1.09. The largest absolute Gasteiger partial charge is 0.337 e. The van der Waals surface area contributed by atoms with Gasteiger partial charge >= 0.3 is 0 Å². The van der Waals surface area contributed by atoms with Crippen molar-refractivity contribution in [2.45, 2.75) is 52.7 Å². The van der Waals surface area contributed by atoms with Crippen LogP contribution in [-0.2, 0) is 25.0 Å². The van der Waals surface area contributed by atoms with E-state index in [0.717, 1.165) is 65.8 Å². The van der Waals surface area contributed by atoms with Crippen LogP contribution in [0.4, 0.5) is 17.2 Å². The average molecular weight is 611 g/mol. The molecule has 1 aliphatic heterocycles. The van der Waals surface area contributed by atoms with Gasteiger partial charge in [0.15, 0.2) is 11.5 Å². The number of carbonyl (C=O) groups excluding carboxylic acids is 1. The molecule has 4 heterocycles. The van der Waals surface area contributed by atoms with Crippen LogP contribution in [0.3, 0.4) is 0 Å². The van der Waals surface area contributed by atoms with Crippen LogP contribution in [0.25, 0.3) is 16.9 Å². The first-order valence-corrected chi connectivity index (χ1v) is 15.6. The summed E-state index contributed by atoms with van der Waals surface area (Å²) in [6, 6.07) is 22.3. The number of imidazole rings is 2. The molecule has 1 aliphatic rings. The van der Waals surface area contributed by atoms with Crippen molar-refractivity contribution in [3.63, 3.8) is 0 Å². The van der Waals surface area contributed by atoms with Crippen LogP contribution in [0, 0.1) is 6.92 Å². The smallest absolute Gasteiger partial charge is 0.255 e. The Kier molecular flexibility index (Phi) is 7.62. The molecule has 3 aromatic carbocycles. The minimum Gasteiger partial charge on any atom is -0.337 e. The Morgan fingerprint density at radius 1 is 0.913 bits per heavy atom. The molecule has 0 saturated carbocycles. The zero-order valence-corrected chi connectivity index (χ0v) is 26.7. The molecule has 7 rings (SSSR count). The molecule has 3 aromatic heterocycles. The first-order valence-electron chi connectivity index (χ1n) is 15.6. The molecule has 232 valence electrons. The van der Waals surface area contributed by atoms with Gasteiger partial charge in [0.2, 0.25) is 0 Å². The summed E-state index contributed by atoms with van der Waals surface area (Å²) >= 11 is 0. The van der Waals surface area contributed by atoms with E-state index in [2.05, 4.69) is 81.3 Å². The molecule has 0 atom stereocenters. The summed E-state index contributed by atoms with van der Waals surface area (Å²) in [6.45, 7) is 12.2. The Bertz CT molecular complexity index is 2020. The number of hydrogen-bond acceptors (Lipinski definition) is 6. The number of rotatable bonds is 7. The highest BCUT2D eigenvalue weighted by Crippen LogP contribution is 2.29. The van der Waals surface area contributed by atoms with Crippen LogP contribution in [0.2, 0.25) is 0 Å². The summed E-state index contributed by atoms with van der Waals surface area (Å²) in [6.07, 6.45) is 9.57. The third-order valence-electron chi connectivity index (χ3n) is 8.62. The van der Waals surface area contributed by atoms with Crippen LogP contribution in [-0.4, -0.2) is 41.3 Å². The quantitative estimate of drug-likeness (QED) is 0.199. The molecule has 1 amide bonds. The van der Waals surface area contributed by atoms with Crippen molar-refractivity contribution >= 4 is 28.7 Å². The predicted molar refractivity (Wildman–Crippen MR) is 182 cm³/mol. The molecule has 46 heavy (non-hydrogen) atoms. The third-order valence-corrected chi connectivity index (χ3v) is 8.62. The molecular formula is C37H38N8O. The summed E-state index contributed by atoms with van der Waals surface area (Å²) in [5.41, 5.74) is 8.12. The van der Waals surface area contributed by atoms with Gasteiger partial charge in [-0.15, -0.1) is 0 Å². The van der Waals surface area contributed by atoms with Crippen LogP contribution in [0.1, 0.15) is 53.6 Å². The molecule has 0 spiro atoms. The van der Waals surface area contributed by atoms with E-state index in [1.807, 2.05) is 72.4 Å². The van der Waals surface area contributed by atoms with E-state index in [9.17, 15) is 4.79 Å². The maximum Gasteiger partial charge on any atom is 0.255 e. The standard InChI is InChI=1S/C37H38N8O/c1-25-5-8-28(21-31(25)42-36(46)27-9-11-29(12-10-27)37(2,3)4)32-23-45-18-16-39-35(45)34(41-32)40-30-13-6-26(7-14-30)22-43-19-20-44-17-15-38-33(44)24-43/h5-18,21,23H,19-20,22,24H2,1-4H3,(H,40,41)(H,42,46). The number of aryl methyl sites for hydroxylation is 1. The lowest BCUT2D eigenvalue weighted by Gasteiger charge is -2.27. The van der Waals surface area contributed by atoms with Gasteiger partial charge < -0.3 is 19.6 Å². The Morgan fingerprint density at radius 2 is 1.70 bits per heavy atom. The van der Waals surface area contributed by atoms with Gasteiger partial charge in [-0.3, -0.25) is 9.69 Å². The monoisotopic (exact) mass is 610 g/mol. The molecule has 0 unspecified atom stereocenters. The molecule has 0 fully saturated rings. The van der Waals surface area contributed by atoms with Gasteiger partial charge in [0.05, 0.1) is 12.2 Å². The topological polar surface area (TPSA) is 92.4 Å². The van der Waals surface area contributed by atoms with Crippen molar-refractivity contribution in [1.82, 2.24) is 28.8 Å². The second-order valence-electron chi connectivity index (χ2n) is 13.0. The lowest BCUT2D eigenvalue weighted by Crippen LogP contribution is -2.33. The van der Waals surface area contributed by atoms with Gasteiger partial charge in [0.1, 0.15) is 5.82 Å². The highest BCUT2D eigenvalue weighted by atomic mass is 16.1. The number of anilines is 3. The second kappa shape index (κ2) is 11.9. The first kappa shape index (κ1) is 29.4. The van der Waals surface area contributed by atoms with Gasteiger partial charge in [-0.25, -0.2) is 15.0 Å². The maximum absolute atomic E-state index is 13.2. The Morgan fingerprint density at radius 3 is 2.48 bits per heavy atom. The summed E-state index contributed by atoms with van der Waals surface area (Å²) in [5, 5.41) is 6.60. The van der Waals surface area contributed by atoms with Crippen molar-refractivity contribution in [3.8, 4) is 11.3 Å². The van der Waals surface area contributed by atoms with E-state index in [4.69, 9.17) is 4.98 Å². The van der Waals surface area contributed by atoms with Gasteiger partial charge in [0.25, 0.3) is 5.91 Å². The zero-order chi connectivity index (χ0) is 31.8. The van der Waals surface area contributed by atoms with Crippen molar-refractivity contribution in [2.24, 2.45) is 0 Å². The summed E-state index contributed by atoms with van der Waals surface area (Å²) in [5.74, 6) is 1.63. The number of carbonyl (C=O) groups is 1. The lowest BCUT2D eigenvalue weighted by atomic mass is 9.86. The van der Waals surface area contributed by atoms with Gasteiger partial charge in [0, 0.05) is 73.1 Å². The third kappa shape index (κ3) is 6.14.